The van der Waals surface area contributed by atoms with Gasteiger partial charge in [-0.1, -0.05) is 36.4 Å². The summed E-state index contributed by atoms with van der Waals surface area (Å²) in [6.45, 7) is 7.06. The number of pyridine rings is 2. The number of fused-ring (bicyclic) bond motifs is 1. The molecule has 2 aromatic heterocycles. The van der Waals surface area contributed by atoms with Crippen molar-refractivity contribution >= 4 is 39.0 Å². The van der Waals surface area contributed by atoms with Crippen LogP contribution in [0.3, 0.4) is 0 Å². The molecule has 0 aliphatic carbocycles. The van der Waals surface area contributed by atoms with Crippen LogP contribution in [0.4, 0.5) is 17.5 Å². The zero-order valence-electron chi connectivity index (χ0n) is 19.8. The fourth-order valence-electron chi connectivity index (χ4n) is 4.96. The number of nitrogens with zero attached hydrogens (tertiary/aromatic N) is 4. The molecule has 8 nitrogen and oxygen atoms in total. The minimum atomic E-state index is -0.675. The molecule has 0 saturated carbocycles. The van der Waals surface area contributed by atoms with Crippen molar-refractivity contribution in [1.29, 1.82) is 5.26 Å². The predicted molar refractivity (Wildman–Crippen MR) is 137 cm³/mol. The molecule has 35 heavy (non-hydrogen) atoms. The van der Waals surface area contributed by atoms with Gasteiger partial charge in [-0.3, -0.25) is 0 Å². The van der Waals surface area contributed by atoms with Crippen molar-refractivity contribution in [2.75, 3.05) is 48.4 Å². The van der Waals surface area contributed by atoms with Crippen LogP contribution in [0.1, 0.15) is 25.0 Å². The first-order valence-corrected chi connectivity index (χ1v) is 11.9. The Morgan fingerprint density at radius 1 is 1.06 bits per heavy atom. The van der Waals surface area contributed by atoms with Gasteiger partial charge in [0, 0.05) is 24.5 Å². The van der Waals surface area contributed by atoms with E-state index >= 15 is 0 Å². The normalized spacial score (nSPS) is 19.2. The zero-order chi connectivity index (χ0) is 24.0. The molecular formula is C27H26N6O2. The molecule has 1 atom stereocenters. The van der Waals surface area contributed by atoms with Gasteiger partial charge in [-0.25, -0.2) is 4.98 Å². The van der Waals surface area contributed by atoms with E-state index in [1.807, 2.05) is 25.1 Å². The van der Waals surface area contributed by atoms with Gasteiger partial charge in [-0.15, -0.1) is 0 Å². The average molecular weight is 467 g/mol. The summed E-state index contributed by atoms with van der Waals surface area (Å²) in [7, 11) is 0. The lowest BCUT2D eigenvalue weighted by Gasteiger charge is -2.39. The molecule has 1 saturated heterocycles. The third-order valence-corrected chi connectivity index (χ3v) is 6.72. The van der Waals surface area contributed by atoms with Gasteiger partial charge >= 0.3 is 0 Å². The Bertz CT molecular complexity index is 1490. The Labute approximate surface area is 203 Å². The summed E-state index contributed by atoms with van der Waals surface area (Å²) in [5.41, 5.74) is 0.900. The summed E-state index contributed by atoms with van der Waals surface area (Å²) in [5.74, 6) is 2.48. The lowest BCUT2D eigenvalue weighted by Crippen LogP contribution is -2.43. The van der Waals surface area contributed by atoms with Crippen molar-refractivity contribution < 1.29 is 9.47 Å². The largest absolute Gasteiger partial charge is 0.478 e. The van der Waals surface area contributed by atoms with Crippen LogP contribution in [-0.2, 0) is 10.4 Å². The van der Waals surface area contributed by atoms with E-state index in [1.54, 1.807) is 0 Å². The maximum atomic E-state index is 10.2. The topological polar surface area (TPSA) is 95.3 Å². The molecule has 0 bridgehead atoms. The number of nitriles is 1. The number of hydrogen-bond donors (Lipinski definition) is 2. The Balaban J connectivity index is 1.55. The molecule has 4 aromatic rings. The summed E-state index contributed by atoms with van der Waals surface area (Å²) in [6.07, 6.45) is 0. The Hall–Kier alpha value is -4.09. The molecule has 0 unspecified atom stereocenters. The Morgan fingerprint density at radius 2 is 1.80 bits per heavy atom. The maximum Gasteiger partial charge on any atom is 0.215 e. The van der Waals surface area contributed by atoms with E-state index in [9.17, 15) is 5.26 Å². The van der Waals surface area contributed by atoms with E-state index < -0.39 is 5.66 Å². The van der Waals surface area contributed by atoms with Crippen molar-refractivity contribution in [2.24, 2.45) is 0 Å². The molecule has 0 amide bonds. The number of hydrogen-bond acceptors (Lipinski definition) is 8. The molecule has 4 heterocycles. The smallest absolute Gasteiger partial charge is 0.215 e. The molecule has 6 rings (SSSR count). The van der Waals surface area contributed by atoms with Crippen molar-refractivity contribution in [3.05, 3.63) is 59.7 Å². The first-order valence-electron chi connectivity index (χ1n) is 11.9. The predicted octanol–water partition coefficient (Wildman–Crippen LogP) is 4.60. The first-order chi connectivity index (χ1) is 17.1. The van der Waals surface area contributed by atoms with Crippen molar-refractivity contribution in [3.63, 3.8) is 0 Å². The number of benzene rings is 2. The van der Waals surface area contributed by atoms with E-state index in [4.69, 9.17) is 19.4 Å². The summed E-state index contributed by atoms with van der Waals surface area (Å²) in [4.78, 5) is 11.9. The van der Waals surface area contributed by atoms with Gasteiger partial charge in [0.2, 0.25) is 5.88 Å². The number of ether oxygens (including phenoxy) is 2. The van der Waals surface area contributed by atoms with Gasteiger partial charge in [0.05, 0.1) is 25.2 Å². The highest BCUT2D eigenvalue weighted by Crippen LogP contribution is 2.44. The lowest BCUT2D eigenvalue weighted by molar-refractivity contribution is 0.122. The number of nitrogens with one attached hydrogen (secondary N) is 2. The van der Waals surface area contributed by atoms with Crippen LogP contribution >= 0.6 is 0 Å². The van der Waals surface area contributed by atoms with Crippen LogP contribution < -0.4 is 20.3 Å². The first kappa shape index (κ1) is 21.4. The molecule has 2 aliphatic rings. The minimum Gasteiger partial charge on any atom is -0.478 e. The molecule has 8 heteroatoms. The molecule has 2 aliphatic heterocycles. The van der Waals surface area contributed by atoms with Crippen LogP contribution in [-0.4, -0.2) is 42.9 Å². The van der Waals surface area contributed by atoms with Gasteiger partial charge in [0.1, 0.15) is 34.7 Å². The fraction of sp³-hybridized carbons (Fsp3) is 0.296. The molecular weight excluding hydrogens is 440 g/mol. The van der Waals surface area contributed by atoms with Crippen molar-refractivity contribution in [3.8, 4) is 11.9 Å². The second kappa shape index (κ2) is 8.29. The Morgan fingerprint density at radius 3 is 2.54 bits per heavy atom. The van der Waals surface area contributed by atoms with Gasteiger partial charge in [-0.05, 0) is 36.2 Å². The van der Waals surface area contributed by atoms with Crippen LogP contribution in [0.2, 0.25) is 0 Å². The molecule has 0 spiro atoms. The van der Waals surface area contributed by atoms with E-state index in [0.29, 0.717) is 61.8 Å². The summed E-state index contributed by atoms with van der Waals surface area (Å²) < 4.78 is 11.3. The highest BCUT2D eigenvalue weighted by molar-refractivity contribution is 6.07. The quantitative estimate of drug-likeness (QED) is 0.451. The third kappa shape index (κ3) is 3.56. The zero-order valence-corrected chi connectivity index (χ0v) is 19.8. The molecule has 1 fully saturated rings. The Kier molecular flexibility index (Phi) is 5.08. The highest BCUT2D eigenvalue weighted by Gasteiger charge is 2.36. The molecule has 2 N–H and O–H groups in total. The van der Waals surface area contributed by atoms with Crippen LogP contribution in [0.15, 0.2) is 48.5 Å². The van der Waals surface area contributed by atoms with E-state index in [1.165, 1.54) is 5.39 Å². The average Bonchev–Trinajstić information content (AvgIpc) is 2.88. The van der Waals surface area contributed by atoms with Gasteiger partial charge in [0.25, 0.3) is 0 Å². The molecule has 176 valence electrons. The number of rotatable bonds is 4. The number of aromatic nitrogens is 2. The van der Waals surface area contributed by atoms with Gasteiger partial charge in [0.15, 0.2) is 0 Å². The van der Waals surface area contributed by atoms with Gasteiger partial charge < -0.3 is 25.0 Å². The van der Waals surface area contributed by atoms with Crippen molar-refractivity contribution in [2.45, 2.75) is 19.5 Å². The molecule has 0 radical (unpaired) electrons. The standard InChI is InChI=1S/C27H26N6O2/c1-3-35-22-15-20-21(16-28)26(33-10-12-34-13-11-33)30-25-23(20)24(29-22)31-27(2,32-25)19-9-8-17-6-4-5-7-18(17)14-19/h4-9,14-15H,3,10-13H2,1-2H3,(H,29,31)(H,30,32)/t27-/m0/s1. The summed E-state index contributed by atoms with van der Waals surface area (Å²) in [5, 5.41) is 21.3. The van der Waals surface area contributed by atoms with E-state index in [2.05, 4.69) is 58.9 Å². The second-order valence-electron chi connectivity index (χ2n) is 8.97. The lowest BCUT2D eigenvalue weighted by atomic mass is 9.95. The highest BCUT2D eigenvalue weighted by atomic mass is 16.5. The van der Waals surface area contributed by atoms with E-state index in [0.717, 1.165) is 21.7 Å². The maximum absolute atomic E-state index is 10.2. The monoisotopic (exact) mass is 466 g/mol. The third-order valence-electron chi connectivity index (χ3n) is 6.72. The fourth-order valence-corrected chi connectivity index (χ4v) is 4.96. The molecule has 2 aromatic carbocycles. The number of morpholine rings is 1. The SMILES string of the molecule is CCOc1cc2c(C#N)c(N3CCOCC3)nc3c2c(n1)N[C@](C)(c1ccc2ccccc2c1)N3. The number of anilines is 3. The minimum absolute atomic E-state index is 0.479. The van der Waals surface area contributed by atoms with Crippen LogP contribution in [0, 0.1) is 11.3 Å². The van der Waals surface area contributed by atoms with Crippen LogP contribution in [0.5, 0.6) is 5.88 Å². The van der Waals surface area contributed by atoms with Crippen molar-refractivity contribution in [1.82, 2.24) is 9.97 Å². The van der Waals surface area contributed by atoms with Gasteiger partial charge in [-0.2, -0.15) is 10.2 Å². The summed E-state index contributed by atoms with van der Waals surface area (Å²) >= 11 is 0. The van der Waals surface area contributed by atoms with E-state index in [-0.39, 0.29) is 0 Å². The summed E-state index contributed by atoms with van der Waals surface area (Å²) in [6, 6.07) is 19.0. The second-order valence-corrected chi connectivity index (χ2v) is 8.97. The van der Waals surface area contributed by atoms with Crippen LogP contribution in [0.25, 0.3) is 21.5 Å².